The smallest absolute Gasteiger partial charge is 0.287 e. The van der Waals surface area contributed by atoms with E-state index in [1.165, 1.54) is 0 Å². The number of benzene rings is 1. The number of aryl methyl sites for hydroxylation is 2. The Morgan fingerprint density at radius 3 is 2.62 bits per heavy atom. The molecule has 0 aliphatic carbocycles. The average molecular weight is 289 g/mol. The Balaban J connectivity index is 2.27. The molecule has 2 N–H and O–H groups in total. The minimum atomic E-state index is -0.261. The standard InChI is InChI=1S/C17H23NO3/c1-10(2)8-13(9-19)18-17(20)16-12(4)14-7-5-6-11(3)15(14)21-16/h5-7,10,13,19H,8-9H2,1-4H3,(H,18,20). The van der Waals surface area contributed by atoms with Gasteiger partial charge >= 0.3 is 0 Å². The minimum Gasteiger partial charge on any atom is -0.450 e. The predicted molar refractivity (Wildman–Crippen MR) is 83.5 cm³/mol. The van der Waals surface area contributed by atoms with Gasteiger partial charge in [0.05, 0.1) is 12.6 Å². The van der Waals surface area contributed by atoms with Gasteiger partial charge in [0.2, 0.25) is 0 Å². The Morgan fingerprint density at radius 1 is 1.33 bits per heavy atom. The molecule has 0 fully saturated rings. The number of furan rings is 1. The molecular weight excluding hydrogens is 266 g/mol. The van der Waals surface area contributed by atoms with E-state index in [0.29, 0.717) is 11.7 Å². The lowest BCUT2D eigenvalue weighted by Gasteiger charge is -2.17. The van der Waals surface area contributed by atoms with Crippen LogP contribution < -0.4 is 5.32 Å². The summed E-state index contributed by atoms with van der Waals surface area (Å²) in [5.74, 6) is 0.478. The number of aliphatic hydroxyl groups is 1. The van der Waals surface area contributed by atoms with Crippen LogP contribution in [0.4, 0.5) is 0 Å². The molecule has 1 unspecified atom stereocenters. The van der Waals surface area contributed by atoms with E-state index in [9.17, 15) is 9.90 Å². The highest BCUT2D eigenvalue weighted by Gasteiger charge is 2.21. The number of amides is 1. The van der Waals surface area contributed by atoms with E-state index in [-0.39, 0.29) is 18.6 Å². The number of hydrogen-bond donors (Lipinski definition) is 2. The first-order valence-corrected chi connectivity index (χ1v) is 7.34. The van der Waals surface area contributed by atoms with E-state index in [2.05, 4.69) is 19.2 Å². The third-order valence-electron chi connectivity index (χ3n) is 3.68. The number of fused-ring (bicyclic) bond motifs is 1. The van der Waals surface area contributed by atoms with Gasteiger partial charge in [-0.15, -0.1) is 0 Å². The molecule has 21 heavy (non-hydrogen) atoms. The van der Waals surface area contributed by atoms with Crippen molar-refractivity contribution in [3.63, 3.8) is 0 Å². The van der Waals surface area contributed by atoms with Crippen LogP contribution in [-0.2, 0) is 0 Å². The maximum atomic E-state index is 12.4. The third kappa shape index (κ3) is 3.27. The van der Waals surface area contributed by atoms with Gasteiger partial charge in [-0.1, -0.05) is 32.0 Å². The first kappa shape index (κ1) is 15.6. The van der Waals surface area contributed by atoms with Crippen molar-refractivity contribution in [2.45, 2.75) is 40.2 Å². The number of carbonyl (C=O) groups is 1. The van der Waals surface area contributed by atoms with Crippen molar-refractivity contribution in [2.24, 2.45) is 5.92 Å². The van der Waals surface area contributed by atoms with Crippen LogP contribution >= 0.6 is 0 Å². The molecule has 1 amide bonds. The molecule has 2 aromatic rings. The number of carbonyl (C=O) groups excluding carboxylic acids is 1. The summed E-state index contributed by atoms with van der Waals surface area (Å²) in [5, 5.41) is 13.2. The molecule has 2 rings (SSSR count). The van der Waals surface area contributed by atoms with E-state index < -0.39 is 0 Å². The van der Waals surface area contributed by atoms with E-state index in [4.69, 9.17) is 4.42 Å². The Morgan fingerprint density at radius 2 is 2.05 bits per heavy atom. The average Bonchev–Trinajstić information content (AvgIpc) is 2.77. The molecule has 1 aromatic heterocycles. The number of hydrogen-bond acceptors (Lipinski definition) is 3. The van der Waals surface area contributed by atoms with Gasteiger partial charge in [0.15, 0.2) is 5.76 Å². The number of rotatable bonds is 5. The molecule has 4 heteroatoms. The maximum Gasteiger partial charge on any atom is 0.287 e. The van der Waals surface area contributed by atoms with E-state index in [1.54, 1.807) is 0 Å². The van der Waals surface area contributed by atoms with E-state index in [0.717, 1.165) is 28.5 Å². The molecule has 0 bridgehead atoms. The van der Waals surface area contributed by atoms with Crippen molar-refractivity contribution in [1.29, 1.82) is 0 Å². The zero-order chi connectivity index (χ0) is 15.6. The number of nitrogens with one attached hydrogen (secondary N) is 1. The van der Waals surface area contributed by atoms with Gasteiger partial charge in [-0.3, -0.25) is 4.79 Å². The van der Waals surface area contributed by atoms with Gasteiger partial charge in [0, 0.05) is 10.9 Å². The van der Waals surface area contributed by atoms with Gasteiger partial charge in [-0.25, -0.2) is 0 Å². The quantitative estimate of drug-likeness (QED) is 0.888. The summed E-state index contributed by atoms with van der Waals surface area (Å²) in [5.41, 5.74) is 2.60. The Bertz CT molecular complexity index is 643. The highest BCUT2D eigenvalue weighted by molar-refractivity contribution is 5.99. The summed E-state index contributed by atoms with van der Waals surface area (Å²) >= 11 is 0. The molecule has 0 spiro atoms. The topological polar surface area (TPSA) is 62.5 Å². The monoisotopic (exact) mass is 289 g/mol. The second-order valence-electron chi connectivity index (χ2n) is 5.99. The lowest BCUT2D eigenvalue weighted by molar-refractivity contribution is 0.0881. The van der Waals surface area contributed by atoms with Crippen LogP contribution in [0.5, 0.6) is 0 Å². The summed E-state index contributed by atoms with van der Waals surface area (Å²) < 4.78 is 5.75. The second kappa shape index (κ2) is 6.31. The number of aliphatic hydroxyl groups excluding tert-OH is 1. The zero-order valence-electron chi connectivity index (χ0n) is 13.1. The zero-order valence-corrected chi connectivity index (χ0v) is 13.1. The molecule has 0 aliphatic rings. The van der Waals surface area contributed by atoms with Crippen LogP contribution in [0.3, 0.4) is 0 Å². The third-order valence-corrected chi connectivity index (χ3v) is 3.68. The molecule has 0 radical (unpaired) electrons. The van der Waals surface area contributed by atoms with Crippen molar-refractivity contribution in [2.75, 3.05) is 6.61 Å². The second-order valence-corrected chi connectivity index (χ2v) is 5.99. The van der Waals surface area contributed by atoms with Gasteiger partial charge in [0.25, 0.3) is 5.91 Å². The fourth-order valence-electron chi connectivity index (χ4n) is 2.60. The molecule has 0 saturated carbocycles. The van der Waals surface area contributed by atoms with Crippen molar-refractivity contribution in [3.8, 4) is 0 Å². The maximum absolute atomic E-state index is 12.4. The van der Waals surface area contributed by atoms with Crippen molar-refractivity contribution in [3.05, 3.63) is 35.1 Å². The van der Waals surface area contributed by atoms with Crippen LogP contribution in [0, 0.1) is 19.8 Å². The van der Waals surface area contributed by atoms with Crippen LogP contribution in [0.2, 0.25) is 0 Å². The summed E-state index contributed by atoms with van der Waals surface area (Å²) in [4.78, 5) is 12.4. The van der Waals surface area contributed by atoms with E-state index in [1.807, 2.05) is 32.0 Å². The van der Waals surface area contributed by atoms with Crippen LogP contribution in [0.1, 0.15) is 41.9 Å². The molecule has 4 nitrogen and oxygen atoms in total. The molecular formula is C17H23NO3. The Kier molecular flexibility index (Phi) is 4.68. The predicted octanol–water partition coefficient (Wildman–Crippen LogP) is 3.19. The highest BCUT2D eigenvalue weighted by atomic mass is 16.3. The first-order valence-electron chi connectivity index (χ1n) is 7.34. The Hall–Kier alpha value is -1.81. The van der Waals surface area contributed by atoms with Crippen molar-refractivity contribution in [1.82, 2.24) is 5.32 Å². The van der Waals surface area contributed by atoms with Gasteiger partial charge in [-0.2, -0.15) is 0 Å². The first-order chi connectivity index (χ1) is 9.93. The molecule has 1 heterocycles. The van der Waals surface area contributed by atoms with Gasteiger partial charge < -0.3 is 14.8 Å². The molecule has 0 aliphatic heterocycles. The summed E-state index contributed by atoms with van der Waals surface area (Å²) in [6.45, 7) is 7.90. The fourth-order valence-corrected chi connectivity index (χ4v) is 2.60. The number of para-hydroxylation sites is 1. The van der Waals surface area contributed by atoms with Gasteiger partial charge in [0.1, 0.15) is 5.58 Å². The van der Waals surface area contributed by atoms with Gasteiger partial charge in [-0.05, 0) is 31.7 Å². The highest BCUT2D eigenvalue weighted by Crippen LogP contribution is 2.27. The fraction of sp³-hybridized carbons (Fsp3) is 0.471. The Labute approximate surface area is 125 Å². The van der Waals surface area contributed by atoms with Crippen LogP contribution in [0.25, 0.3) is 11.0 Å². The molecule has 1 atom stereocenters. The summed E-state index contributed by atoms with van der Waals surface area (Å²) in [6.07, 6.45) is 0.737. The summed E-state index contributed by atoms with van der Waals surface area (Å²) in [6, 6.07) is 5.63. The lowest BCUT2D eigenvalue weighted by atomic mass is 10.0. The summed E-state index contributed by atoms with van der Waals surface area (Å²) in [7, 11) is 0. The largest absolute Gasteiger partial charge is 0.450 e. The molecule has 0 saturated heterocycles. The minimum absolute atomic E-state index is 0.0672. The molecule has 114 valence electrons. The van der Waals surface area contributed by atoms with Crippen LogP contribution in [-0.4, -0.2) is 23.7 Å². The SMILES string of the molecule is Cc1c(C(=O)NC(CO)CC(C)C)oc2c(C)cccc12. The molecule has 1 aromatic carbocycles. The van der Waals surface area contributed by atoms with Crippen molar-refractivity contribution >= 4 is 16.9 Å². The lowest BCUT2D eigenvalue weighted by Crippen LogP contribution is -2.38. The normalized spacial score (nSPS) is 12.9. The van der Waals surface area contributed by atoms with Crippen LogP contribution in [0.15, 0.2) is 22.6 Å². The van der Waals surface area contributed by atoms with Crippen molar-refractivity contribution < 1.29 is 14.3 Å². The van der Waals surface area contributed by atoms with E-state index >= 15 is 0 Å².